The lowest BCUT2D eigenvalue weighted by atomic mass is 10.1. The number of carbonyl (C=O) groups is 1. The number of carbonyl (C=O) groups excluding carboxylic acids is 1. The summed E-state index contributed by atoms with van der Waals surface area (Å²) in [4.78, 5) is 16.6. The van der Waals surface area contributed by atoms with E-state index in [4.69, 9.17) is 4.98 Å². The van der Waals surface area contributed by atoms with Gasteiger partial charge in [-0.3, -0.25) is 4.79 Å². The Balaban J connectivity index is 1.76. The second kappa shape index (κ2) is 8.72. The van der Waals surface area contributed by atoms with Crippen molar-refractivity contribution in [2.45, 2.75) is 31.5 Å². The third-order valence-corrected chi connectivity index (χ3v) is 4.97. The fourth-order valence-corrected chi connectivity index (χ4v) is 3.58. The molecule has 0 unspecified atom stereocenters. The topological polar surface area (TPSA) is 46.9 Å². The molecule has 3 aromatic rings. The van der Waals surface area contributed by atoms with E-state index in [9.17, 15) is 4.79 Å². The molecule has 130 valence electrons. The average molecular weight is 353 g/mol. The van der Waals surface area contributed by atoms with E-state index in [2.05, 4.69) is 47.1 Å². The molecule has 0 fully saturated rings. The fourth-order valence-electron chi connectivity index (χ4n) is 2.71. The summed E-state index contributed by atoms with van der Waals surface area (Å²) >= 11 is 1.51. The molecule has 3 rings (SSSR count). The molecule has 0 saturated heterocycles. The number of hydrogen-bond acceptors (Lipinski definition) is 3. The number of aryl methyl sites for hydroxylation is 2. The van der Waals surface area contributed by atoms with Gasteiger partial charge < -0.3 is 9.88 Å². The van der Waals surface area contributed by atoms with Gasteiger partial charge >= 0.3 is 0 Å². The molecule has 5 heteroatoms. The summed E-state index contributed by atoms with van der Waals surface area (Å²) in [5.74, 6) is 0.461. The highest BCUT2D eigenvalue weighted by molar-refractivity contribution is 7.99. The molecule has 25 heavy (non-hydrogen) atoms. The number of nitrogens with zero attached hydrogens (tertiary/aromatic N) is 2. The maximum Gasteiger partial charge on any atom is 0.230 e. The Labute approximate surface area is 152 Å². The minimum absolute atomic E-state index is 0.0634. The molecular weight excluding hydrogens is 330 g/mol. The second-order valence-corrected chi connectivity index (χ2v) is 6.85. The average Bonchev–Trinajstić information content (AvgIpc) is 3.01. The summed E-state index contributed by atoms with van der Waals surface area (Å²) in [5.41, 5.74) is 3.40. The molecule has 0 aliphatic heterocycles. The van der Waals surface area contributed by atoms with Crippen molar-refractivity contribution in [1.29, 1.82) is 0 Å². The van der Waals surface area contributed by atoms with Crippen LogP contribution in [-0.4, -0.2) is 27.8 Å². The maximum absolute atomic E-state index is 11.9. The van der Waals surface area contributed by atoms with Crippen LogP contribution in [-0.2, 0) is 17.8 Å². The quantitative estimate of drug-likeness (QED) is 0.625. The number of fused-ring (bicyclic) bond motifs is 1. The molecule has 0 aliphatic carbocycles. The lowest BCUT2D eigenvalue weighted by Gasteiger charge is -2.09. The summed E-state index contributed by atoms with van der Waals surface area (Å²) < 4.78 is 2.22. The highest BCUT2D eigenvalue weighted by Gasteiger charge is 2.12. The Kier molecular flexibility index (Phi) is 6.12. The van der Waals surface area contributed by atoms with Crippen molar-refractivity contribution in [3.8, 4) is 0 Å². The zero-order valence-electron chi connectivity index (χ0n) is 14.4. The number of para-hydroxylation sites is 2. The number of imidazole rings is 1. The van der Waals surface area contributed by atoms with E-state index in [1.807, 2.05) is 24.3 Å². The number of aromatic nitrogens is 2. The normalized spacial score (nSPS) is 10.9. The van der Waals surface area contributed by atoms with Crippen LogP contribution in [0.3, 0.4) is 0 Å². The van der Waals surface area contributed by atoms with Crippen molar-refractivity contribution in [2.24, 2.45) is 0 Å². The first-order valence-corrected chi connectivity index (χ1v) is 9.65. The number of nitrogens with one attached hydrogen (secondary N) is 1. The van der Waals surface area contributed by atoms with E-state index in [1.54, 1.807) is 0 Å². The molecular formula is C20H23N3OS. The van der Waals surface area contributed by atoms with Gasteiger partial charge in [0, 0.05) is 13.1 Å². The van der Waals surface area contributed by atoms with Crippen LogP contribution in [0.4, 0.5) is 0 Å². The van der Waals surface area contributed by atoms with Crippen molar-refractivity contribution < 1.29 is 4.79 Å². The summed E-state index contributed by atoms with van der Waals surface area (Å²) in [6, 6.07) is 18.6. The van der Waals surface area contributed by atoms with E-state index in [0.717, 1.165) is 42.1 Å². The fraction of sp³-hybridized carbons (Fsp3) is 0.300. The molecule has 0 atom stereocenters. The first-order chi connectivity index (χ1) is 12.3. The van der Waals surface area contributed by atoms with Crippen LogP contribution in [0.15, 0.2) is 59.8 Å². The van der Waals surface area contributed by atoms with Crippen LogP contribution < -0.4 is 5.32 Å². The predicted octanol–water partition coefficient (Wildman–Crippen LogP) is 3.90. The minimum atomic E-state index is 0.0634. The molecule has 0 radical (unpaired) electrons. The largest absolute Gasteiger partial charge is 0.355 e. The second-order valence-electron chi connectivity index (χ2n) is 5.91. The van der Waals surface area contributed by atoms with Crippen LogP contribution in [0.2, 0.25) is 0 Å². The SMILES string of the molecule is CCCNC(=O)CSc1nc2ccccc2n1CCc1ccccc1. The van der Waals surface area contributed by atoms with Gasteiger partial charge in [0.05, 0.1) is 16.8 Å². The van der Waals surface area contributed by atoms with Gasteiger partial charge in [-0.25, -0.2) is 4.98 Å². The Hall–Kier alpha value is -2.27. The first-order valence-electron chi connectivity index (χ1n) is 8.66. The third kappa shape index (κ3) is 4.63. The third-order valence-electron chi connectivity index (χ3n) is 3.99. The molecule has 2 aromatic carbocycles. The van der Waals surface area contributed by atoms with Crippen LogP contribution in [0, 0.1) is 0 Å². The Morgan fingerprint density at radius 1 is 1.12 bits per heavy atom. The van der Waals surface area contributed by atoms with Gasteiger partial charge in [0.2, 0.25) is 5.91 Å². The molecule has 0 saturated carbocycles. The zero-order valence-corrected chi connectivity index (χ0v) is 15.3. The Morgan fingerprint density at radius 3 is 2.68 bits per heavy atom. The monoisotopic (exact) mass is 353 g/mol. The van der Waals surface area contributed by atoms with Gasteiger partial charge in [-0.05, 0) is 30.5 Å². The predicted molar refractivity (Wildman–Crippen MR) is 104 cm³/mol. The number of thioether (sulfide) groups is 1. The van der Waals surface area contributed by atoms with Gasteiger partial charge in [0.1, 0.15) is 0 Å². The van der Waals surface area contributed by atoms with E-state index in [1.165, 1.54) is 17.3 Å². The standard InChI is InChI=1S/C20H23N3OS/c1-2-13-21-19(24)15-25-20-22-17-10-6-7-11-18(17)23(20)14-12-16-8-4-3-5-9-16/h3-11H,2,12-15H2,1H3,(H,21,24). The van der Waals surface area contributed by atoms with Crippen molar-refractivity contribution in [2.75, 3.05) is 12.3 Å². The summed E-state index contributed by atoms with van der Waals surface area (Å²) in [7, 11) is 0. The van der Waals surface area contributed by atoms with Gasteiger partial charge in [-0.1, -0.05) is 61.2 Å². The highest BCUT2D eigenvalue weighted by Crippen LogP contribution is 2.24. The lowest BCUT2D eigenvalue weighted by molar-refractivity contribution is -0.118. The van der Waals surface area contributed by atoms with Crippen molar-refractivity contribution in [1.82, 2.24) is 14.9 Å². The van der Waals surface area contributed by atoms with Crippen molar-refractivity contribution in [3.63, 3.8) is 0 Å². The molecule has 1 amide bonds. The van der Waals surface area contributed by atoms with E-state index >= 15 is 0 Å². The summed E-state index contributed by atoms with van der Waals surface area (Å²) in [6.07, 6.45) is 1.89. The molecule has 1 heterocycles. The van der Waals surface area contributed by atoms with Crippen LogP contribution in [0.5, 0.6) is 0 Å². The molecule has 0 bridgehead atoms. The molecule has 1 N–H and O–H groups in total. The minimum Gasteiger partial charge on any atom is -0.355 e. The van der Waals surface area contributed by atoms with E-state index in [-0.39, 0.29) is 5.91 Å². The van der Waals surface area contributed by atoms with E-state index < -0.39 is 0 Å². The number of amides is 1. The van der Waals surface area contributed by atoms with E-state index in [0.29, 0.717) is 5.75 Å². The van der Waals surface area contributed by atoms with Gasteiger partial charge in [0.15, 0.2) is 5.16 Å². The Morgan fingerprint density at radius 2 is 1.88 bits per heavy atom. The number of rotatable bonds is 8. The molecule has 0 spiro atoms. The smallest absolute Gasteiger partial charge is 0.230 e. The van der Waals surface area contributed by atoms with Gasteiger partial charge in [-0.2, -0.15) is 0 Å². The van der Waals surface area contributed by atoms with Gasteiger partial charge in [-0.15, -0.1) is 0 Å². The first kappa shape index (κ1) is 17.5. The molecule has 4 nitrogen and oxygen atoms in total. The lowest BCUT2D eigenvalue weighted by Crippen LogP contribution is -2.25. The van der Waals surface area contributed by atoms with Crippen molar-refractivity contribution in [3.05, 3.63) is 60.2 Å². The Bertz CT molecular complexity index is 829. The van der Waals surface area contributed by atoms with Crippen molar-refractivity contribution >= 4 is 28.7 Å². The number of benzene rings is 2. The highest BCUT2D eigenvalue weighted by atomic mass is 32.2. The van der Waals surface area contributed by atoms with Gasteiger partial charge in [0.25, 0.3) is 0 Å². The molecule has 1 aromatic heterocycles. The summed E-state index contributed by atoms with van der Waals surface area (Å²) in [5, 5.41) is 3.82. The van der Waals surface area contributed by atoms with Crippen LogP contribution in [0.25, 0.3) is 11.0 Å². The maximum atomic E-state index is 11.9. The van der Waals surface area contributed by atoms with Crippen LogP contribution >= 0.6 is 11.8 Å². The number of hydrogen-bond donors (Lipinski definition) is 1. The molecule has 0 aliphatic rings. The summed E-state index contributed by atoms with van der Waals surface area (Å²) in [6.45, 7) is 3.63. The van der Waals surface area contributed by atoms with Crippen LogP contribution in [0.1, 0.15) is 18.9 Å². The zero-order chi connectivity index (χ0) is 17.5.